The van der Waals surface area contributed by atoms with E-state index in [0.717, 1.165) is 18.2 Å². The van der Waals surface area contributed by atoms with Gasteiger partial charge in [0.15, 0.2) is 0 Å². The molecule has 0 saturated carbocycles. The predicted molar refractivity (Wildman–Crippen MR) is 74.8 cm³/mol. The summed E-state index contributed by atoms with van der Waals surface area (Å²) in [4.78, 5) is 21.7. The van der Waals surface area contributed by atoms with Crippen LogP contribution >= 0.6 is 0 Å². The second-order valence-electron chi connectivity index (χ2n) is 3.83. The lowest BCUT2D eigenvalue weighted by Crippen LogP contribution is -2.13. The normalized spacial score (nSPS) is 10.8. The van der Waals surface area contributed by atoms with Gasteiger partial charge in [-0.15, -0.1) is 0 Å². The summed E-state index contributed by atoms with van der Waals surface area (Å²) in [5.74, 6) is -1.24. The SMILES string of the molecule is C=C/C=C(\C=C)CC(=O)Nc1cc([N+](=O)[O-])ccc1F. The van der Waals surface area contributed by atoms with Crippen LogP contribution in [0.15, 0.2) is 55.2 Å². The molecule has 1 amide bonds. The largest absolute Gasteiger partial charge is 0.323 e. The van der Waals surface area contributed by atoms with Gasteiger partial charge in [0.05, 0.1) is 17.0 Å². The third-order valence-electron chi connectivity index (χ3n) is 2.39. The summed E-state index contributed by atoms with van der Waals surface area (Å²) in [6.45, 7) is 7.03. The van der Waals surface area contributed by atoms with Crippen LogP contribution in [0.2, 0.25) is 0 Å². The highest BCUT2D eigenvalue weighted by Gasteiger charge is 2.13. The highest BCUT2D eigenvalue weighted by Crippen LogP contribution is 2.21. The molecule has 104 valence electrons. The van der Waals surface area contributed by atoms with Crippen LogP contribution in [0.3, 0.4) is 0 Å². The van der Waals surface area contributed by atoms with Crippen LogP contribution in [0.4, 0.5) is 15.8 Å². The number of allylic oxidation sites excluding steroid dienone is 3. The summed E-state index contributed by atoms with van der Waals surface area (Å²) in [7, 11) is 0. The number of hydrogen-bond donors (Lipinski definition) is 1. The fourth-order valence-electron chi connectivity index (χ4n) is 1.45. The van der Waals surface area contributed by atoms with E-state index in [2.05, 4.69) is 18.5 Å². The van der Waals surface area contributed by atoms with Crippen LogP contribution in [-0.4, -0.2) is 10.8 Å². The number of non-ortho nitro benzene ring substituents is 1. The molecule has 0 unspecified atom stereocenters. The van der Waals surface area contributed by atoms with Gasteiger partial charge in [-0.3, -0.25) is 14.9 Å². The zero-order valence-corrected chi connectivity index (χ0v) is 10.6. The second kappa shape index (κ2) is 6.98. The average molecular weight is 276 g/mol. The summed E-state index contributed by atoms with van der Waals surface area (Å²) in [6.07, 6.45) is 4.54. The summed E-state index contributed by atoms with van der Waals surface area (Å²) >= 11 is 0. The van der Waals surface area contributed by atoms with E-state index in [1.807, 2.05) is 0 Å². The average Bonchev–Trinajstić information content (AvgIpc) is 2.40. The van der Waals surface area contributed by atoms with Gasteiger partial charge in [0.25, 0.3) is 5.69 Å². The van der Waals surface area contributed by atoms with Gasteiger partial charge in [-0.2, -0.15) is 0 Å². The first-order valence-electron chi connectivity index (χ1n) is 5.65. The van der Waals surface area contributed by atoms with Crippen LogP contribution in [0.5, 0.6) is 0 Å². The van der Waals surface area contributed by atoms with Crippen molar-refractivity contribution in [1.82, 2.24) is 0 Å². The highest BCUT2D eigenvalue weighted by molar-refractivity contribution is 5.93. The van der Waals surface area contributed by atoms with Gasteiger partial charge in [-0.1, -0.05) is 31.4 Å². The molecule has 0 aromatic heterocycles. The maximum Gasteiger partial charge on any atom is 0.271 e. The zero-order chi connectivity index (χ0) is 15.1. The van der Waals surface area contributed by atoms with Gasteiger partial charge >= 0.3 is 0 Å². The van der Waals surface area contributed by atoms with Crippen molar-refractivity contribution < 1.29 is 14.1 Å². The van der Waals surface area contributed by atoms with E-state index in [1.165, 1.54) is 12.2 Å². The number of nitro groups is 1. The number of carbonyl (C=O) groups is 1. The molecule has 0 spiro atoms. The van der Waals surface area contributed by atoms with Gasteiger partial charge in [-0.05, 0) is 11.6 Å². The van der Waals surface area contributed by atoms with E-state index >= 15 is 0 Å². The number of amides is 1. The Morgan fingerprint density at radius 2 is 2.15 bits per heavy atom. The van der Waals surface area contributed by atoms with Crippen molar-refractivity contribution in [3.63, 3.8) is 0 Å². The predicted octanol–water partition coefficient (Wildman–Crippen LogP) is 3.36. The standard InChI is InChI=1S/C14H13FN2O3/c1-3-5-10(4-2)8-14(18)16-13-9-11(17(19)20)6-7-12(13)15/h3-7,9H,1-2,8H2,(H,16,18)/b10-5+. The smallest absolute Gasteiger partial charge is 0.271 e. The Morgan fingerprint density at radius 3 is 2.70 bits per heavy atom. The third-order valence-corrected chi connectivity index (χ3v) is 2.39. The molecule has 0 aliphatic heterocycles. The molecule has 5 nitrogen and oxygen atoms in total. The lowest BCUT2D eigenvalue weighted by atomic mass is 10.1. The molecule has 1 rings (SSSR count). The fourth-order valence-corrected chi connectivity index (χ4v) is 1.45. The first-order valence-corrected chi connectivity index (χ1v) is 5.65. The maximum atomic E-state index is 13.5. The Labute approximate surface area is 115 Å². The number of nitro benzene ring substituents is 1. The maximum absolute atomic E-state index is 13.5. The first kappa shape index (κ1) is 15.3. The lowest BCUT2D eigenvalue weighted by molar-refractivity contribution is -0.384. The van der Waals surface area contributed by atoms with Crippen LogP contribution in [0, 0.1) is 15.9 Å². The molecular weight excluding hydrogens is 263 g/mol. The van der Waals surface area contributed by atoms with Crippen molar-refractivity contribution in [2.75, 3.05) is 5.32 Å². The molecule has 20 heavy (non-hydrogen) atoms. The Bertz CT molecular complexity index is 594. The number of hydrogen-bond acceptors (Lipinski definition) is 3. The summed E-state index contributed by atoms with van der Waals surface area (Å²) < 4.78 is 13.5. The highest BCUT2D eigenvalue weighted by atomic mass is 19.1. The van der Waals surface area contributed by atoms with E-state index in [1.54, 1.807) is 6.08 Å². The second-order valence-corrected chi connectivity index (χ2v) is 3.83. The summed E-state index contributed by atoms with van der Waals surface area (Å²) in [5, 5.41) is 12.9. The van der Waals surface area contributed by atoms with Crippen LogP contribution < -0.4 is 5.32 Å². The number of benzene rings is 1. The van der Waals surface area contributed by atoms with Crippen LogP contribution in [0.25, 0.3) is 0 Å². The minimum absolute atomic E-state index is 0.0301. The Balaban J connectivity index is 2.87. The topological polar surface area (TPSA) is 72.2 Å². The first-order chi connectivity index (χ1) is 9.47. The minimum Gasteiger partial charge on any atom is -0.323 e. The van der Waals surface area contributed by atoms with Gasteiger partial charge < -0.3 is 5.32 Å². The number of halogens is 1. The van der Waals surface area contributed by atoms with E-state index in [9.17, 15) is 19.3 Å². The molecule has 0 heterocycles. The molecule has 1 aromatic carbocycles. The zero-order valence-electron chi connectivity index (χ0n) is 10.6. The third kappa shape index (κ3) is 4.16. The summed E-state index contributed by atoms with van der Waals surface area (Å²) in [6, 6.07) is 2.93. The lowest BCUT2D eigenvalue weighted by Gasteiger charge is -2.06. The van der Waals surface area contributed by atoms with Crippen LogP contribution in [0.1, 0.15) is 6.42 Å². The number of anilines is 1. The van der Waals surface area contributed by atoms with Gasteiger partial charge in [0.1, 0.15) is 5.82 Å². The molecule has 0 saturated heterocycles. The molecular formula is C14H13FN2O3. The van der Waals surface area contributed by atoms with Crippen molar-refractivity contribution in [2.45, 2.75) is 6.42 Å². The quantitative estimate of drug-likeness (QED) is 0.492. The molecule has 1 N–H and O–H groups in total. The van der Waals surface area contributed by atoms with Gasteiger partial charge in [0, 0.05) is 12.1 Å². The van der Waals surface area contributed by atoms with Crippen molar-refractivity contribution in [3.8, 4) is 0 Å². The van der Waals surface area contributed by atoms with E-state index < -0.39 is 16.6 Å². The van der Waals surface area contributed by atoms with Crippen LogP contribution in [-0.2, 0) is 4.79 Å². The molecule has 1 aromatic rings. The van der Waals surface area contributed by atoms with E-state index in [-0.39, 0.29) is 17.8 Å². The number of nitrogens with zero attached hydrogens (tertiary/aromatic N) is 1. The molecule has 0 atom stereocenters. The van der Waals surface area contributed by atoms with Crippen molar-refractivity contribution in [3.05, 3.63) is 71.1 Å². The van der Waals surface area contributed by atoms with E-state index in [4.69, 9.17) is 0 Å². The number of nitrogens with one attached hydrogen (secondary N) is 1. The van der Waals surface area contributed by atoms with Gasteiger partial charge in [-0.25, -0.2) is 4.39 Å². The molecule has 0 radical (unpaired) electrons. The fraction of sp³-hybridized carbons (Fsp3) is 0.0714. The van der Waals surface area contributed by atoms with Crippen molar-refractivity contribution in [2.24, 2.45) is 0 Å². The Kier molecular flexibility index (Phi) is 5.34. The monoisotopic (exact) mass is 276 g/mol. The molecule has 6 heteroatoms. The number of carbonyl (C=O) groups excluding carboxylic acids is 1. The molecule has 0 fully saturated rings. The minimum atomic E-state index is -0.739. The van der Waals surface area contributed by atoms with Crippen molar-refractivity contribution >= 4 is 17.3 Å². The van der Waals surface area contributed by atoms with Gasteiger partial charge in [0.2, 0.25) is 5.91 Å². The molecule has 0 aliphatic carbocycles. The summed E-state index contributed by atoms with van der Waals surface area (Å²) in [5.41, 5.74) is 0.0711. The van der Waals surface area contributed by atoms with Crippen molar-refractivity contribution in [1.29, 1.82) is 0 Å². The Morgan fingerprint density at radius 1 is 1.45 bits per heavy atom. The Hall–Kier alpha value is -2.76. The van der Waals surface area contributed by atoms with E-state index in [0.29, 0.717) is 5.57 Å². The molecule has 0 aliphatic rings. The number of rotatable bonds is 6. The molecule has 0 bridgehead atoms.